The van der Waals surface area contributed by atoms with Crippen molar-refractivity contribution in [2.75, 3.05) is 26.2 Å². The molecule has 29 heavy (non-hydrogen) atoms. The van der Waals surface area contributed by atoms with Crippen molar-refractivity contribution in [2.24, 2.45) is 10.9 Å². The van der Waals surface area contributed by atoms with Crippen LogP contribution in [-0.4, -0.2) is 44.2 Å². The number of nitrogens with one attached hydrogen (secondary N) is 3. The van der Waals surface area contributed by atoms with Gasteiger partial charge < -0.3 is 25.4 Å². The van der Waals surface area contributed by atoms with Gasteiger partial charge in [-0.05, 0) is 45.7 Å². The number of nitrogens with zero attached hydrogens (tertiary/aromatic N) is 1. The van der Waals surface area contributed by atoms with Gasteiger partial charge in [-0.3, -0.25) is 4.79 Å². The van der Waals surface area contributed by atoms with Crippen molar-refractivity contribution in [1.29, 1.82) is 0 Å². The average molecular weight is 516 g/mol. The highest BCUT2D eigenvalue weighted by molar-refractivity contribution is 14.0. The summed E-state index contributed by atoms with van der Waals surface area (Å²) in [4.78, 5) is 16.4. The van der Waals surface area contributed by atoms with Gasteiger partial charge in [-0.25, -0.2) is 4.99 Å². The molecular formula is C21H33IN4O3. The van der Waals surface area contributed by atoms with Crippen molar-refractivity contribution in [3.8, 4) is 11.5 Å². The Morgan fingerprint density at radius 2 is 1.97 bits per heavy atom. The van der Waals surface area contributed by atoms with Crippen LogP contribution in [-0.2, 0) is 17.8 Å². The molecule has 1 saturated carbocycles. The highest BCUT2D eigenvalue weighted by atomic mass is 127. The van der Waals surface area contributed by atoms with Gasteiger partial charge in [0.25, 0.3) is 0 Å². The van der Waals surface area contributed by atoms with E-state index in [2.05, 4.69) is 33.9 Å². The van der Waals surface area contributed by atoms with E-state index in [9.17, 15) is 4.79 Å². The summed E-state index contributed by atoms with van der Waals surface area (Å²) in [5.41, 5.74) is 2.20. The lowest BCUT2D eigenvalue weighted by Gasteiger charge is -2.14. The maximum Gasteiger partial charge on any atom is 0.223 e. The van der Waals surface area contributed by atoms with Crippen LogP contribution in [0.4, 0.5) is 0 Å². The van der Waals surface area contributed by atoms with Crippen molar-refractivity contribution in [3.05, 3.63) is 23.3 Å². The molecule has 0 bridgehead atoms. The lowest BCUT2D eigenvalue weighted by molar-refractivity contribution is -0.122. The number of carbonyl (C=O) groups is 1. The van der Waals surface area contributed by atoms with Crippen LogP contribution in [0.1, 0.15) is 44.7 Å². The molecule has 1 aliphatic heterocycles. The Morgan fingerprint density at radius 1 is 1.21 bits per heavy atom. The molecule has 8 heteroatoms. The zero-order chi connectivity index (χ0) is 19.9. The molecule has 1 aliphatic carbocycles. The van der Waals surface area contributed by atoms with Gasteiger partial charge in [0.15, 0.2) is 5.96 Å². The highest BCUT2D eigenvalue weighted by Crippen LogP contribution is 2.35. The van der Waals surface area contributed by atoms with E-state index in [-0.39, 0.29) is 41.9 Å². The summed E-state index contributed by atoms with van der Waals surface area (Å²) in [6.07, 6.45) is 3.16. The summed E-state index contributed by atoms with van der Waals surface area (Å²) in [6.45, 7) is 9.19. The molecule has 0 spiro atoms. The lowest BCUT2D eigenvalue weighted by Crippen LogP contribution is -2.41. The Hall–Kier alpha value is -1.71. The number of halogens is 1. The van der Waals surface area contributed by atoms with Crippen molar-refractivity contribution >= 4 is 35.8 Å². The molecule has 0 saturated heterocycles. The molecular weight excluding hydrogens is 483 g/mol. The van der Waals surface area contributed by atoms with Crippen molar-refractivity contribution in [2.45, 2.75) is 52.7 Å². The monoisotopic (exact) mass is 516 g/mol. The first-order chi connectivity index (χ1) is 13.6. The van der Waals surface area contributed by atoms with Crippen LogP contribution in [0.3, 0.4) is 0 Å². The Bertz CT molecular complexity index is 722. The van der Waals surface area contributed by atoms with Gasteiger partial charge in [0.1, 0.15) is 17.6 Å². The summed E-state index contributed by atoms with van der Waals surface area (Å²) in [6, 6.07) is 4.13. The van der Waals surface area contributed by atoms with Crippen LogP contribution in [0.15, 0.2) is 17.1 Å². The number of ether oxygens (including phenoxy) is 2. The van der Waals surface area contributed by atoms with Gasteiger partial charge in [0.2, 0.25) is 5.91 Å². The van der Waals surface area contributed by atoms with Crippen molar-refractivity contribution in [3.63, 3.8) is 0 Å². The molecule has 2 aliphatic rings. The smallest absolute Gasteiger partial charge is 0.223 e. The van der Waals surface area contributed by atoms with Crippen molar-refractivity contribution in [1.82, 2.24) is 16.0 Å². The minimum atomic E-state index is 0. The highest BCUT2D eigenvalue weighted by Gasteiger charge is 2.29. The molecule has 1 amide bonds. The van der Waals surface area contributed by atoms with Gasteiger partial charge in [0, 0.05) is 43.1 Å². The molecule has 1 aromatic rings. The summed E-state index contributed by atoms with van der Waals surface area (Å²) >= 11 is 0. The fraction of sp³-hybridized carbons (Fsp3) is 0.619. The van der Waals surface area contributed by atoms with E-state index < -0.39 is 0 Å². The molecule has 3 N–H and O–H groups in total. The van der Waals surface area contributed by atoms with E-state index >= 15 is 0 Å². The zero-order valence-electron chi connectivity index (χ0n) is 17.5. The first-order valence-electron chi connectivity index (χ1n) is 10.4. The third-order valence-corrected chi connectivity index (χ3v) is 4.80. The van der Waals surface area contributed by atoms with Crippen LogP contribution in [0.5, 0.6) is 11.5 Å². The molecule has 1 heterocycles. The average Bonchev–Trinajstić information content (AvgIpc) is 3.45. The van der Waals surface area contributed by atoms with Crippen LogP contribution in [0.2, 0.25) is 0 Å². The second-order valence-corrected chi connectivity index (χ2v) is 7.32. The first-order valence-corrected chi connectivity index (χ1v) is 10.4. The number of rotatable bonds is 9. The minimum absolute atomic E-state index is 0. The maximum atomic E-state index is 11.7. The van der Waals surface area contributed by atoms with Crippen LogP contribution in [0, 0.1) is 5.92 Å². The standard InChI is InChI=1S/C21H32N4O3.HI/c1-4-22-21(24-9-8-23-20(26)15-6-7-15)25-13-17-12-19-16(10-14(3)28-19)11-18(17)27-5-2;/h11-12,14-15H,4-10,13H2,1-3H3,(H,23,26)(H2,22,24,25);1H. The predicted molar refractivity (Wildman–Crippen MR) is 125 cm³/mol. The number of aliphatic imine (C=N–C) groups is 1. The lowest BCUT2D eigenvalue weighted by atomic mass is 10.1. The topological polar surface area (TPSA) is 84.0 Å². The number of hydrogen-bond acceptors (Lipinski definition) is 4. The fourth-order valence-corrected chi connectivity index (χ4v) is 3.26. The predicted octanol–water partition coefficient (Wildman–Crippen LogP) is 2.61. The van der Waals surface area contributed by atoms with Crippen LogP contribution in [0.25, 0.3) is 0 Å². The molecule has 162 valence electrons. The van der Waals surface area contributed by atoms with E-state index in [4.69, 9.17) is 9.47 Å². The fourth-order valence-electron chi connectivity index (χ4n) is 3.26. The molecule has 1 atom stereocenters. The summed E-state index contributed by atoms with van der Waals surface area (Å²) in [5, 5.41) is 9.46. The van der Waals surface area contributed by atoms with E-state index in [1.165, 1.54) is 5.56 Å². The molecule has 1 fully saturated rings. The Labute approximate surface area is 190 Å². The summed E-state index contributed by atoms with van der Waals surface area (Å²) < 4.78 is 11.7. The number of benzene rings is 1. The van der Waals surface area contributed by atoms with Crippen LogP contribution < -0.4 is 25.4 Å². The second-order valence-electron chi connectivity index (χ2n) is 7.32. The Kier molecular flexibility index (Phi) is 9.32. The minimum Gasteiger partial charge on any atom is -0.494 e. The van der Waals surface area contributed by atoms with E-state index in [0.717, 1.165) is 48.8 Å². The van der Waals surface area contributed by atoms with E-state index in [1.807, 2.05) is 19.9 Å². The Morgan fingerprint density at radius 3 is 2.66 bits per heavy atom. The number of fused-ring (bicyclic) bond motifs is 1. The van der Waals surface area contributed by atoms with Gasteiger partial charge >= 0.3 is 0 Å². The number of guanidine groups is 1. The molecule has 0 aromatic heterocycles. The summed E-state index contributed by atoms with van der Waals surface area (Å²) in [5.74, 6) is 2.93. The number of amides is 1. The number of carbonyl (C=O) groups excluding carboxylic acids is 1. The molecule has 1 unspecified atom stereocenters. The summed E-state index contributed by atoms with van der Waals surface area (Å²) in [7, 11) is 0. The zero-order valence-corrected chi connectivity index (χ0v) is 19.9. The van der Waals surface area contributed by atoms with Gasteiger partial charge in [-0.1, -0.05) is 0 Å². The van der Waals surface area contributed by atoms with Crippen LogP contribution >= 0.6 is 24.0 Å². The largest absolute Gasteiger partial charge is 0.494 e. The number of hydrogen-bond donors (Lipinski definition) is 3. The van der Waals surface area contributed by atoms with Gasteiger partial charge in [0.05, 0.1) is 13.2 Å². The molecule has 3 rings (SSSR count). The van der Waals surface area contributed by atoms with Gasteiger partial charge in [-0.15, -0.1) is 24.0 Å². The van der Waals surface area contributed by atoms with E-state index in [0.29, 0.717) is 26.2 Å². The quantitative estimate of drug-likeness (QED) is 0.204. The molecule has 0 radical (unpaired) electrons. The maximum absolute atomic E-state index is 11.7. The molecule has 1 aromatic carbocycles. The van der Waals surface area contributed by atoms with E-state index in [1.54, 1.807) is 0 Å². The Balaban J connectivity index is 0.00000300. The normalized spacial score (nSPS) is 17.6. The van der Waals surface area contributed by atoms with Gasteiger partial charge in [-0.2, -0.15) is 0 Å². The first kappa shape index (κ1) is 23.6. The SMILES string of the molecule is CCNC(=NCc1cc2c(cc1OCC)CC(C)O2)NCCNC(=O)C1CC1.I. The van der Waals surface area contributed by atoms with Crippen molar-refractivity contribution < 1.29 is 14.3 Å². The second kappa shape index (κ2) is 11.5. The third kappa shape index (κ3) is 6.94. The molecule has 7 nitrogen and oxygen atoms in total. The third-order valence-electron chi connectivity index (χ3n) is 4.80.